The van der Waals surface area contributed by atoms with Crippen LogP contribution in [0.2, 0.25) is 0 Å². The average molecular weight is 265 g/mol. The zero-order chi connectivity index (χ0) is 14.4. The van der Waals surface area contributed by atoms with Gasteiger partial charge in [-0.3, -0.25) is 4.90 Å². The SMILES string of the molecule is CCN(Cc1ccc(N)cc1)Cc1ccc(C#N)cc1. The highest BCUT2D eigenvalue weighted by Gasteiger charge is 2.05. The molecular weight excluding hydrogens is 246 g/mol. The molecule has 0 aliphatic rings. The second kappa shape index (κ2) is 6.74. The highest BCUT2D eigenvalue weighted by molar-refractivity contribution is 5.39. The van der Waals surface area contributed by atoms with Gasteiger partial charge in [0, 0.05) is 18.8 Å². The van der Waals surface area contributed by atoms with Crippen molar-refractivity contribution in [1.29, 1.82) is 5.26 Å². The Morgan fingerprint density at radius 3 is 1.90 bits per heavy atom. The monoisotopic (exact) mass is 265 g/mol. The first kappa shape index (κ1) is 14.1. The molecule has 102 valence electrons. The van der Waals surface area contributed by atoms with E-state index in [1.54, 1.807) is 0 Å². The Morgan fingerprint density at radius 2 is 1.45 bits per heavy atom. The molecule has 0 fully saturated rings. The maximum absolute atomic E-state index is 8.80. The summed E-state index contributed by atoms with van der Waals surface area (Å²) in [6.45, 7) is 4.91. The van der Waals surface area contributed by atoms with Gasteiger partial charge in [0.05, 0.1) is 11.6 Å². The maximum atomic E-state index is 8.80. The summed E-state index contributed by atoms with van der Waals surface area (Å²) >= 11 is 0. The molecule has 2 N–H and O–H groups in total. The number of benzene rings is 2. The minimum absolute atomic E-state index is 0.704. The number of nitriles is 1. The van der Waals surface area contributed by atoms with Gasteiger partial charge in [-0.2, -0.15) is 5.26 Å². The maximum Gasteiger partial charge on any atom is 0.0991 e. The Morgan fingerprint density at radius 1 is 0.950 bits per heavy atom. The molecule has 0 aliphatic heterocycles. The Bertz CT molecular complexity index is 579. The molecule has 0 spiro atoms. The first-order valence-corrected chi connectivity index (χ1v) is 6.77. The minimum Gasteiger partial charge on any atom is -0.399 e. The molecule has 2 aromatic rings. The summed E-state index contributed by atoms with van der Waals surface area (Å²) in [5.74, 6) is 0. The topological polar surface area (TPSA) is 53.0 Å². The molecule has 2 aromatic carbocycles. The number of hydrogen-bond acceptors (Lipinski definition) is 3. The lowest BCUT2D eigenvalue weighted by Crippen LogP contribution is -2.22. The largest absolute Gasteiger partial charge is 0.399 e. The summed E-state index contributed by atoms with van der Waals surface area (Å²) in [4.78, 5) is 2.35. The zero-order valence-electron chi connectivity index (χ0n) is 11.7. The molecule has 2 rings (SSSR count). The fourth-order valence-corrected chi connectivity index (χ4v) is 2.10. The molecule has 0 unspecified atom stereocenters. The predicted molar refractivity (Wildman–Crippen MR) is 81.8 cm³/mol. The van der Waals surface area contributed by atoms with Gasteiger partial charge in [0.1, 0.15) is 0 Å². The number of rotatable bonds is 5. The van der Waals surface area contributed by atoms with Crippen LogP contribution in [-0.4, -0.2) is 11.4 Å². The van der Waals surface area contributed by atoms with Crippen LogP contribution >= 0.6 is 0 Å². The molecule has 0 amide bonds. The van der Waals surface area contributed by atoms with Gasteiger partial charge in [0.15, 0.2) is 0 Å². The lowest BCUT2D eigenvalue weighted by molar-refractivity contribution is 0.271. The van der Waals surface area contributed by atoms with Gasteiger partial charge in [-0.25, -0.2) is 0 Å². The normalized spacial score (nSPS) is 10.4. The zero-order valence-corrected chi connectivity index (χ0v) is 11.7. The van der Waals surface area contributed by atoms with Crippen molar-refractivity contribution in [1.82, 2.24) is 4.90 Å². The van der Waals surface area contributed by atoms with Crippen molar-refractivity contribution in [2.45, 2.75) is 20.0 Å². The predicted octanol–water partition coefficient (Wildman–Crippen LogP) is 3.16. The van der Waals surface area contributed by atoms with E-state index < -0.39 is 0 Å². The smallest absolute Gasteiger partial charge is 0.0991 e. The molecule has 0 aromatic heterocycles. The van der Waals surface area contributed by atoms with Crippen LogP contribution in [0, 0.1) is 11.3 Å². The molecule has 0 radical (unpaired) electrons. The third-order valence-electron chi connectivity index (χ3n) is 3.32. The van der Waals surface area contributed by atoms with E-state index in [1.807, 2.05) is 36.4 Å². The van der Waals surface area contributed by atoms with Crippen molar-refractivity contribution >= 4 is 5.69 Å². The van der Waals surface area contributed by atoms with Crippen molar-refractivity contribution in [3.05, 3.63) is 65.2 Å². The van der Waals surface area contributed by atoms with E-state index in [2.05, 4.69) is 30.0 Å². The molecule has 0 saturated carbocycles. The standard InChI is InChI=1S/C17H19N3/c1-2-20(13-16-7-9-17(19)10-8-16)12-15-5-3-14(11-18)4-6-15/h3-10H,2,12-13,19H2,1H3. The van der Waals surface area contributed by atoms with Crippen molar-refractivity contribution in [2.24, 2.45) is 0 Å². The minimum atomic E-state index is 0.704. The van der Waals surface area contributed by atoms with Crippen LogP contribution in [0.15, 0.2) is 48.5 Å². The van der Waals surface area contributed by atoms with Crippen LogP contribution in [0.4, 0.5) is 5.69 Å². The Balaban J connectivity index is 2.01. The van der Waals surface area contributed by atoms with E-state index in [0.29, 0.717) is 5.56 Å². The summed E-state index contributed by atoms with van der Waals surface area (Å²) in [5, 5.41) is 8.80. The van der Waals surface area contributed by atoms with Gasteiger partial charge in [0.2, 0.25) is 0 Å². The Labute approximate surface area is 120 Å². The summed E-state index contributed by atoms with van der Waals surface area (Å²) < 4.78 is 0. The highest BCUT2D eigenvalue weighted by atomic mass is 15.1. The summed E-state index contributed by atoms with van der Waals surface area (Å²) in [6, 6.07) is 17.9. The third-order valence-corrected chi connectivity index (χ3v) is 3.32. The fraction of sp³-hybridized carbons (Fsp3) is 0.235. The van der Waals surface area contributed by atoms with Gasteiger partial charge in [-0.15, -0.1) is 0 Å². The quantitative estimate of drug-likeness (QED) is 0.845. The molecule has 3 nitrogen and oxygen atoms in total. The van der Waals surface area contributed by atoms with Gasteiger partial charge in [0.25, 0.3) is 0 Å². The Hall–Kier alpha value is -2.31. The van der Waals surface area contributed by atoms with Crippen LogP contribution in [0.1, 0.15) is 23.6 Å². The molecule has 3 heteroatoms. The van der Waals surface area contributed by atoms with Gasteiger partial charge in [-0.1, -0.05) is 31.2 Å². The van der Waals surface area contributed by atoms with E-state index in [0.717, 1.165) is 25.3 Å². The van der Waals surface area contributed by atoms with Gasteiger partial charge in [-0.05, 0) is 41.9 Å². The van der Waals surface area contributed by atoms with Crippen molar-refractivity contribution in [3.8, 4) is 6.07 Å². The number of anilines is 1. The molecular formula is C17H19N3. The van der Waals surface area contributed by atoms with E-state index in [1.165, 1.54) is 11.1 Å². The fourth-order valence-electron chi connectivity index (χ4n) is 2.10. The highest BCUT2D eigenvalue weighted by Crippen LogP contribution is 2.12. The molecule has 0 aliphatic carbocycles. The number of nitrogen functional groups attached to an aromatic ring is 1. The van der Waals surface area contributed by atoms with Crippen LogP contribution in [0.5, 0.6) is 0 Å². The number of hydrogen-bond donors (Lipinski definition) is 1. The molecule has 0 bridgehead atoms. The summed E-state index contributed by atoms with van der Waals surface area (Å²) in [6.07, 6.45) is 0. The first-order valence-electron chi connectivity index (χ1n) is 6.77. The van der Waals surface area contributed by atoms with Gasteiger partial charge >= 0.3 is 0 Å². The lowest BCUT2D eigenvalue weighted by atomic mass is 10.1. The van der Waals surface area contributed by atoms with E-state index in [4.69, 9.17) is 11.0 Å². The molecule has 0 heterocycles. The molecule has 20 heavy (non-hydrogen) atoms. The summed E-state index contributed by atoms with van der Waals surface area (Å²) in [7, 11) is 0. The third kappa shape index (κ3) is 3.84. The van der Waals surface area contributed by atoms with E-state index >= 15 is 0 Å². The molecule has 0 saturated heterocycles. The van der Waals surface area contributed by atoms with Crippen LogP contribution in [-0.2, 0) is 13.1 Å². The van der Waals surface area contributed by atoms with E-state index in [-0.39, 0.29) is 0 Å². The lowest BCUT2D eigenvalue weighted by Gasteiger charge is -2.20. The first-order chi connectivity index (χ1) is 9.71. The van der Waals surface area contributed by atoms with Crippen LogP contribution in [0.25, 0.3) is 0 Å². The van der Waals surface area contributed by atoms with Gasteiger partial charge < -0.3 is 5.73 Å². The van der Waals surface area contributed by atoms with Crippen molar-refractivity contribution < 1.29 is 0 Å². The van der Waals surface area contributed by atoms with Crippen molar-refractivity contribution in [3.63, 3.8) is 0 Å². The number of nitrogens with two attached hydrogens (primary N) is 1. The molecule has 0 atom stereocenters. The van der Waals surface area contributed by atoms with E-state index in [9.17, 15) is 0 Å². The Kier molecular flexibility index (Phi) is 4.75. The number of nitrogens with zero attached hydrogens (tertiary/aromatic N) is 2. The van der Waals surface area contributed by atoms with Crippen LogP contribution < -0.4 is 5.73 Å². The average Bonchev–Trinajstić information content (AvgIpc) is 2.49. The van der Waals surface area contributed by atoms with Crippen LogP contribution in [0.3, 0.4) is 0 Å². The van der Waals surface area contributed by atoms with Crippen molar-refractivity contribution in [2.75, 3.05) is 12.3 Å². The summed E-state index contributed by atoms with van der Waals surface area (Å²) in [5.41, 5.74) is 9.68. The second-order valence-corrected chi connectivity index (χ2v) is 4.85. The second-order valence-electron chi connectivity index (χ2n) is 4.85.